The molecule has 0 aromatic rings. The predicted octanol–water partition coefficient (Wildman–Crippen LogP) is 4.37. The van der Waals surface area contributed by atoms with E-state index < -0.39 is 30.5 Å². The third kappa shape index (κ3) is 3.43. The fraction of sp³-hybridized carbons (Fsp3) is 0.600. The lowest BCUT2D eigenvalue weighted by Gasteiger charge is -2.33. The van der Waals surface area contributed by atoms with E-state index in [9.17, 15) is 26.3 Å². The average molecular weight is 338 g/mol. The van der Waals surface area contributed by atoms with Crippen LogP contribution in [0.15, 0.2) is 22.3 Å². The number of hydrogen-bond donors (Lipinski definition) is 0. The molecule has 18 heavy (non-hydrogen) atoms. The van der Waals surface area contributed by atoms with Crippen LogP contribution < -0.4 is 0 Å². The largest absolute Gasteiger partial charge is 0.417 e. The summed E-state index contributed by atoms with van der Waals surface area (Å²) in [4.78, 5) is 0.847. The summed E-state index contributed by atoms with van der Waals surface area (Å²) < 4.78 is 74.9. The first-order chi connectivity index (χ1) is 8.07. The van der Waals surface area contributed by atoms with Gasteiger partial charge in [0.25, 0.3) is 0 Å². The number of rotatable bonds is 2. The first kappa shape index (κ1) is 15.4. The second-order valence-electron chi connectivity index (χ2n) is 3.76. The number of allylic oxidation sites excluding steroid dienone is 2. The molecular weight excluding hydrogens is 328 g/mol. The van der Waals surface area contributed by atoms with Crippen molar-refractivity contribution in [3.8, 4) is 0 Å². The molecule has 0 amide bonds. The summed E-state index contributed by atoms with van der Waals surface area (Å²) in [6.07, 6.45) is -7.66. The number of hydrogen-bond acceptors (Lipinski definition) is 1. The average Bonchev–Trinajstić information content (AvgIpc) is 2.14. The Labute approximate surface area is 108 Å². The molecule has 0 aromatic heterocycles. The topological polar surface area (TPSA) is 3.24 Å². The van der Waals surface area contributed by atoms with Crippen LogP contribution in [0.1, 0.15) is 13.3 Å². The van der Waals surface area contributed by atoms with E-state index in [1.165, 1.54) is 6.92 Å². The SMILES string of the molecule is CC[C@H](N1C=C(Br)C(C(F)(F)F)=CC1)C(F)(F)F. The van der Waals surface area contributed by atoms with Crippen molar-refractivity contribution in [3.05, 3.63) is 22.3 Å². The van der Waals surface area contributed by atoms with Gasteiger partial charge in [-0.1, -0.05) is 13.0 Å². The van der Waals surface area contributed by atoms with Crippen molar-refractivity contribution in [2.24, 2.45) is 0 Å². The fourth-order valence-corrected chi connectivity index (χ4v) is 2.33. The molecule has 0 spiro atoms. The maximum Gasteiger partial charge on any atom is 0.417 e. The van der Waals surface area contributed by atoms with Crippen LogP contribution in [0.5, 0.6) is 0 Å². The van der Waals surface area contributed by atoms with Crippen molar-refractivity contribution in [3.63, 3.8) is 0 Å². The lowest BCUT2D eigenvalue weighted by Crippen LogP contribution is -2.43. The molecular formula is C10H10BrF6N. The van der Waals surface area contributed by atoms with Gasteiger partial charge in [0.1, 0.15) is 6.04 Å². The van der Waals surface area contributed by atoms with Gasteiger partial charge < -0.3 is 4.90 Å². The third-order valence-corrected chi connectivity index (χ3v) is 3.14. The molecule has 0 radical (unpaired) electrons. The summed E-state index contributed by atoms with van der Waals surface area (Å²) in [5.41, 5.74) is -0.948. The number of nitrogens with zero attached hydrogens (tertiary/aromatic N) is 1. The normalized spacial score (nSPS) is 19.4. The van der Waals surface area contributed by atoms with E-state index in [0.717, 1.165) is 17.2 Å². The fourth-order valence-electron chi connectivity index (χ4n) is 1.68. The van der Waals surface area contributed by atoms with E-state index in [2.05, 4.69) is 15.9 Å². The molecule has 0 unspecified atom stereocenters. The van der Waals surface area contributed by atoms with E-state index in [1.807, 2.05) is 0 Å². The first-order valence-corrected chi connectivity index (χ1v) is 5.84. The van der Waals surface area contributed by atoms with E-state index in [0.29, 0.717) is 0 Å². The summed E-state index contributed by atoms with van der Waals surface area (Å²) in [6.45, 7) is 0.921. The van der Waals surface area contributed by atoms with Gasteiger partial charge in [-0.05, 0) is 22.4 Å². The smallest absolute Gasteiger partial charge is 0.361 e. The van der Waals surface area contributed by atoms with Crippen LogP contribution in [0.3, 0.4) is 0 Å². The van der Waals surface area contributed by atoms with Gasteiger partial charge >= 0.3 is 12.4 Å². The highest BCUT2D eigenvalue weighted by Crippen LogP contribution is 2.38. The minimum atomic E-state index is -4.57. The van der Waals surface area contributed by atoms with Gasteiger partial charge in [-0.15, -0.1) is 0 Å². The lowest BCUT2D eigenvalue weighted by molar-refractivity contribution is -0.176. The minimum absolute atomic E-state index is 0.227. The number of halogens is 7. The van der Waals surface area contributed by atoms with E-state index in [-0.39, 0.29) is 10.9 Å². The molecule has 1 heterocycles. The maximum absolute atomic E-state index is 12.6. The van der Waals surface area contributed by atoms with Crippen LogP contribution in [-0.2, 0) is 0 Å². The van der Waals surface area contributed by atoms with Crippen LogP contribution in [0, 0.1) is 0 Å². The predicted molar refractivity (Wildman–Crippen MR) is 58.0 cm³/mol. The summed E-state index contributed by atoms with van der Waals surface area (Å²) in [5, 5.41) is 0. The Balaban J connectivity index is 2.93. The molecule has 1 nitrogen and oxygen atoms in total. The molecule has 1 rings (SSSR count). The molecule has 0 bridgehead atoms. The minimum Gasteiger partial charge on any atom is -0.361 e. The van der Waals surface area contributed by atoms with Crippen molar-refractivity contribution in [2.45, 2.75) is 31.7 Å². The van der Waals surface area contributed by atoms with Crippen LogP contribution in [0.25, 0.3) is 0 Å². The Kier molecular flexibility index (Phi) is 4.40. The van der Waals surface area contributed by atoms with Crippen LogP contribution >= 0.6 is 15.9 Å². The van der Waals surface area contributed by atoms with Gasteiger partial charge in [0.15, 0.2) is 0 Å². The van der Waals surface area contributed by atoms with Crippen molar-refractivity contribution in [2.75, 3.05) is 6.54 Å². The van der Waals surface area contributed by atoms with Gasteiger partial charge in [-0.3, -0.25) is 0 Å². The molecule has 104 valence electrons. The Morgan fingerprint density at radius 3 is 2.17 bits per heavy atom. The van der Waals surface area contributed by atoms with Crippen molar-refractivity contribution < 1.29 is 26.3 Å². The lowest BCUT2D eigenvalue weighted by atomic mass is 10.1. The summed E-state index contributed by atoms with van der Waals surface area (Å²) in [6, 6.07) is -1.78. The molecule has 0 aromatic carbocycles. The summed E-state index contributed by atoms with van der Waals surface area (Å²) in [5.74, 6) is 0. The van der Waals surface area contributed by atoms with Gasteiger partial charge in [-0.25, -0.2) is 0 Å². The van der Waals surface area contributed by atoms with Crippen LogP contribution in [0.4, 0.5) is 26.3 Å². The zero-order chi connectivity index (χ0) is 14.1. The molecule has 0 fully saturated rings. The second-order valence-corrected chi connectivity index (χ2v) is 4.61. The van der Waals surface area contributed by atoms with Gasteiger partial charge in [0.05, 0.1) is 5.57 Å². The third-order valence-electron chi connectivity index (χ3n) is 2.51. The Bertz CT molecular complexity index is 368. The quantitative estimate of drug-likeness (QED) is 0.676. The second kappa shape index (κ2) is 5.14. The van der Waals surface area contributed by atoms with Crippen LogP contribution in [0.2, 0.25) is 0 Å². The Hall–Kier alpha value is -0.660. The Morgan fingerprint density at radius 2 is 1.83 bits per heavy atom. The molecule has 8 heteroatoms. The van der Waals surface area contributed by atoms with E-state index >= 15 is 0 Å². The summed E-state index contributed by atoms with van der Waals surface area (Å²) >= 11 is 2.66. The van der Waals surface area contributed by atoms with Gasteiger partial charge in [0.2, 0.25) is 0 Å². The Morgan fingerprint density at radius 1 is 1.28 bits per heavy atom. The molecule has 0 N–H and O–H groups in total. The molecule has 1 aliphatic rings. The maximum atomic E-state index is 12.6. The van der Waals surface area contributed by atoms with Gasteiger partial charge in [0, 0.05) is 17.2 Å². The molecule has 0 aliphatic carbocycles. The van der Waals surface area contributed by atoms with E-state index in [1.54, 1.807) is 0 Å². The molecule has 1 atom stereocenters. The highest BCUT2D eigenvalue weighted by Gasteiger charge is 2.43. The van der Waals surface area contributed by atoms with Crippen molar-refractivity contribution in [1.82, 2.24) is 4.90 Å². The molecule has 1 aliphatic heterocycles. The number of alkyl halides is 6. The highest BCUT2D eigenvalue weighted by atomic mass is 79.9. The molecule has 0 saturated carbocycles. The standard InChI is InChI=1S/C10H10BrF6N/c1-2-8(10(15,16)17)18-4-3-6(7(11)5-18)9(12,13)14/h3,5,8H,2,4H2,1H3/t8-/m0/s1. The molecule has 0 saturated heterocycles. The monoisotopic (exact) mass is 337 g/mol. The van der Waals surface area contributed by atoms with Crippen molar-refractivity contribution in [1.29, 1.82) is 0 Å². The summed E-state index contributed by atoms with van der Waals surface area (Å²) in [7, 11) is 0. The zero-order valence-electron chi connectivity index (χ0n) is 9.24. The zero-order valence-corrected chi connectivity index (χ0v) is 10.8. The first-order valence-electron chi connectivity index (χ1n) is 5.05. The van der Waals surface area contributed by atoms with E-state index in [4.69, 9.17) is 0 Å². The van der Waals surface area contributed by atoms with Crippen molar-refractivity contribution >= 4 is 15.9 Å². The van der Waals surface area contributed by atoms with Crippen LogP contribution in [-0.4, -0.2) is 29.8 Å². The highest BCUT2D eigenvalue weighted by molar-refractivity contribution is 9.12. The van der Waals surface area contributed by atoms with Gasteiger partial charge in [-0.2, -0.15) is 26.3 Å².